The average Bonchev–Trinajstić information content (AvgIpc) is 3.09. The fraction of sp³-hybridized carbons (Fsp3) is 0.500. The molecule has 1 aliphatic carbocycles. The van der Waals surface area contributed by atoms with E-state index in [9.17, 15) is 9.90 Å². The Hall–Kier alpha value is -1.35. The molecule has 0 radical (unpaired) electrons. The summed E-state index contributed by atoms with van der Waals surface area (Å²) in [6.07, 6.45) is 2.01. The van der Waals surface area contributed by atoms with Crippen LogP contribution in [0.1, 0.15) is 49.3 Å². The number of benzene rings is 1. The zero-order chi connectivity index (χ0) is 12.4. The number of rotatable bonds is 5. The molecular formula is C14H18O3. The highest BCUT2D eigenvalue weighted by Crippen LogP contribution is 2.44. The van der Waals surface area contributed by atoms with E-state index in [1.807, 2.05) is 24.3 Å². The van der Waals surface area contributed by atoms with Crippen LogP contribution in [0, 0.1) is 5.92 Å². The Morgan fingerprint density at radius 2 is 1.82 bits per heavy atom. The zero-order valence-corrected chi connectivity index (χ0v) is 9.97. The summed E-state index contributed by atoms with van der Waals surface area (Å²) in [5.74, 6) is -0.0689. The van der Waals surface area contributed by atoms with E-state index in [-0.39, 0.29) is 12.3 Å². The van der Waals surface area contributed by atoms with Crippen LogP contribution in [0.4, 0.5) is 0 Å². The molecule has 3 heteroatoms. The predicted octanol–water partition coefficient (Wildman–Crippen LogP) is 2.71. The van der Waals surface area contributed by atoms with E-state index >= 15 is 0 Å². The van der Waals surface area contributed by atoms with Gasteiger partial charge in [0.05, 0.1) is 12.5 Å². The highest BCUT2D eigenvalue weighted by atomic mass is 16.4. The maximum Gasteiger partial charge on any atom is 0.303 e. The summed E-state index contributed by atoms with van der Waals surface area (Å²) in [7, 11) is 0. The van der Waals surface area contributed by atoms with Crippen LogP contribution in [0.25, 0.3) is 0 Å². The molecule has 1 saturated carbocycles. The van der Waals surface area contributed by atoms with Gasteiger partial charge in [-0.25, -0.2) is 0 Å². The number of carboxylic acids is 1. The van der Waals surface area contributed by atoms with Gasteiger partial charge in [-0.05, 0) is 42.7 Å². The van der Waals surface area contributed by atoms with E-state index < -0.39 is 12.1 Å². The summed E-state index contributed by atoms with van der Waals surface area (Å²) in [5.41, 5.74) is 1.96. The first-order chi connectivity index (χ1) is 8.08. The average molecular weight is 234 g/mol. The Kier molecular flexibility index (Phi) is 3.48. The summed E-state index contributed by atoms with van der Waals surface area (Å²) in [6, 6.07) is 7.68. The van der Waals surface area contributed by atoms with Gasteiger partial charge in [-0.2, -0.15) is 0 Å². The van der Waals surface area contributed by atoms with Crippen LogP contribution in [0.3, 0.4) is 0 Å². The van der Waals surface area contributed by atoms with Gasteiger partial charge in [-0.3, -0.25) is 4.79 Å². The van der Waals surface area contributed by atoms with Gasteiger partial charge in [0.2, 0.25) is 0 Å². The first-order valence-corrected chi connectivity index (χ1v) is 6.07. The number of carboxylic acid groups (broad SMARTS) is 1. The standard InChI is InChI=1S/C14H18O3/c1-9(15)10-2-4-11(5-3-10)13(8-14(16)17)12-6-7-12/h2-5,9,12-13,15H,6-8H2,1H3,(H,16,17). The lowest BCUT2D eigenvalue weighted by atomic mass is 9.90. The predicted molar refractivity (Wildman–Crippen MR) is 64.8 cm³/mol. The third-order valence-electron chi connectivity index (χ3n) is 3.43. The van der Waals surface area contributed by atoms with Crippen molar-refractivity contribution in [3.63, 3.8) is 0 Å². The molecule has 0 bridgehead atoms. The first-order valence-electron chi connectivity index (χ1n) is 6.07. The monoisotopic (exact) mass is 234 g/mol. The second-order valence-corrected chi connectivity index (χ2v) is 4.88. The molecule has 1 aromatic carbocycles. The van der Waals surface area contributed by atoms with Crippen molar-refractivity contribution < 1.29 is 15.0 Å². The van der Waals surface area contributed by atoms with Gasteiger partial charge in [0.1, 0.15) is 0 Å². The smallest absolute Gasteiger partial charge is 0.303 e. The van der Waals surface area contributed by atoms with Gasteiger partial charge in [-0.1, -0.05) is 24.3 Å². The first kappa shape index (κ1) is 12.1. The van der Waals surface area contributed by atoms with Crippen molar-refractivity contribution in [2.75, 3.05) is 0 Å². The minimum Gasteiger partial charge on any atom is -0.481 e. The summed E-state index contributed by atoms with van der Waals surface area (Å²) in [5, 5.41) is 18.4. The van der Waals surface area contributed by atoms with Crippen molar-refractivity contribution in [2.45, 2.75) is 38.2 Å². The van der Waals surface area contributed by atoms with Crippen LogP contribution < -0.4 is 0 Å². The van der Waals surface area contributed by atoms with Crippen molar-refractivity contribution in [3.8, 4) is 0 Å². The minimum absolute atomic E-state index is 0.135. The van der Waals surface area contributed by atoms with Crippen molar-refractivity contribution in [1.82, 2.24) is 0 Å². The molecule has 3 nitrogen and oxygen atoms in total. The molecule has 92 valence electrons. The zero-order valence-electron chi connectivity index (χ0n) is 9.97. The van der Waals surface area contributed by atoms with Crippen molar-refractivity contribution in [1.29, 1.82) is 0 Å². The number of aliphatic hydroxyl groups is 1. The molecule has 2 unspecified atom stereocenters. The fourth-order valence-corrected chi connectivity index (χ4v) is 2.27. The van der Waals surface area contributed by atoms with Crippen LogP contribution in [0.5, 0.6) is 0 Å². The molecule has 17 heavy (non-hydrogen) atoms. The Morgan fingerprint density at radius 1 is 1.29 bits per heavy atom. The molecular weight excluding hydrogens is 216 g/mol. The summed E-state index contributed by atoms with van der Waals surface area (Å²) < 4.78 is 0. The van der Waals surface area contributed by atoms with Crippen LogP contribution in [-0.2, 0) is 4.79 Å². The fourth-order valence-electron chi connectivity index (χ4n) is 2.27. The van der Waals surface area contributed by atoms with E-state index in [2.05, 4.69) is 0 Å². The Bertz CT molecular complexity index is 390. The van der Waals surface area contributed by atoms with Gasteiger partial charge >= 0.3 is 5.97 Å². The van der Waals surface area contributed by atoms with Crippen molar-refractivity contribution >= 4 is 5.97 Å². The minimum atomic E-state index is -0.735. The lowest BCUT2D eigenvalue weighted by molar-refractivity contribution is -0.137. The number of aliphatic carboxylic acids is 1. The van der Waals surface area contributed by atoms with Gasteiger partial charge in [0.25, 0.3) is 0 Å². The molecule has 2 atom stereocenters. The maximum atomic E-state index is 10.9. The van der Waals surface area contributed by atoms with E-state index in [0.717, 1.165) is 24.0 Å². The quantitative estimate of drug-likeness (QED) is 0.823. The molecule has 1 fully saturated rings. The normalized spacial score (nSPS) is 18.7. The van der Waals surface area contributed by atoms with Crippen LogP contribution in [0.15, 0.2) is 24.3 Å². The third kappa shape index (κ3) is 3.07. The molecule has 0 aromatic heterocycles. The van der Waals surface area contributed by atoms with Crippen LogP contribution >= 0.6 is 0 Å². The topological polar surface area (TPSA) is 57.5 Å². The van der Waals surface area contributed by atoms with E-state index in [1.54, 1.807) is 6.92 Å². The van der Waals surface area contributed by atoms with Gasteiger partial charge in [0, 0.05) is 0 Å². The summed E-state index contributed by atoms with van der Waals surface area (Å²) in [6.45, 7) is 1.73. The number of aliphatic hydroxyl groups excluding tert-OH is 1. The largest absolute Gasteiger partial charge is 0.481 e. The molecule has 2 N–H and O–H groups in total. The summed E-state index contributed by atoms with van der Waals surface area (Å²) >= 11 is 0. The van der Waals surface area contributed by atoms with E-state index in [0.29, 0.717) is 5.92 Å². The second kappa shape index (κ2) is 4.88. The van der Waals surface area contributed by atoms with Crippen LogP contribution in [-0.4, -0.2) is 16.2 Å². The SMILES string of the molecule is CC(O)c1ccc(C(CC(=O)O)C2CC2)cc1. The molecule has 1 aliphatic rings. The van der Waals surface area contributed by atoms with E-state index in [1.165, 1.54) is 0 Å². The van der Waals surface area contributed by atoms with E-state index in [4.69, 9.17) is 5.11 Å². The molecule has 0 spiro atoms. The Labute approximate surface area is 101 Å². The van der Waals surface area contributed by atoms with Crippen molar-refractivity contribution in [3.05, 3.63) is 35.4 Å². The number of carbonyl (C=O) groups is 1. The Balaban J connectivity index is 2.15. The highest BCUT2D eigenvalue weighted by Gasteiger charge is 2.33. The summed E-state index contributed by atoms with van der Waals surface area (Å²) in [4.78, 5) is 10.9. The van der Waals surface area contributed by atoms with Gasteiger partial charge in [0.15, 0.2) is 0 Å². The number of hydrogen-bond donors (Lipinski definition) is 2. The van der Waals surface area contributed by atoms with Crippen LogP contribution in [0.2, 0.25) is 0 Å². The molecule has 0 amide bonds. The lowest BCUT2D eigenvalue weighted by Gasteiger charge is -2.15. The van der Waals surface area contributed by atoms with Crippen molar-refractivity contribution in [2.24, 2.45) is 5.92 Å². The second-order valence-electron chi connectivity index (χ2n) is 4.88. The molecule has 2 rings (SSSR count). The molecule has 1 aromatic rings. The third-order valence-corrected chi connectivity index (χ3v) is 3.43. The molecule has 0 heterocycles. The number of hydrogen-bond acceptors (Lipinski definition) is 2. The maximum absolute atomic E-state index is 10.9. The molecule has 0 aliphatic heterocycles. The Morgan fingerprint density at radius 3 is 2.24 bits per heavy atom. The molecule has 0 saturated heterocycles. The van der Waals surface area contributed by atoms with Gasteiger partial charge in [-0.15, -0.1) is 0 Å². The highest BCUT2D eigenvalue weighted by molar-refractivity contribution is 5.68. The van der Waals surface area contributed by atoms with Gasteiger partial charge < -0.3 is 10.2 Å². The lowest BCUT2D eigenvalue weighted by Crippen LogP contribution is -2.08.